The summed E-state index contributed by atoms with van der Waals surface area (Å²) in [7, 11) is 0. The largest absolute Gasteiger partial charge is 0.450 e. The molecular weight excluding hydrogens is 551 g/mol. The molecule has 4 heterocycles. The van der Waals surface area contributed by atoms with Gasteiger partial charge < -0.3 is 9.32 Å². The highest BCUT2D eigenvalue weighted by atomic mass is 32.2. The number of rotatable bonds is 5. The number of benzene rings is 3. The molecule has 2 aliphatic rings. The lowest BCUT2D eigenvalue weighted by molar-refractivity contribution is -0.121. The summed E-state index contributed by atoms with van der Waals surface area (Å²) >= 11 is 2.61. The number of carbonyl (C=O) groups is 2. The third kappa shape index (κ3) is 3.34. The number of fused-ring (bicyclic) bond motifs is 5. The van der Waals surface area contributed by atoms with E-state index < -0.39 is 28.6 Å². The van der Waals surface area contributed by atoms with Crippen LogP contribution in [0.5, 0.6) is 0 Å². The Morgan fingerprint density at radius 2 is 1.77 bits per heavy atom. The molecule has 5 aromatic rings. The lowest BCUT2D eigenvalue weighted by Gasteiger charge is -2.31. The van der Waals surface area contributed by atoms with E-state index in [4.69, 9.17) is 4.42 Å². The fourth-order valence-corrected chi connectivity index (χ4v) is 7.37. The van der Waals surface area contributed by atoms with Gasteiger partial charge in [0, 0.05) is 17.9 Å². The molecule has 198 valence electrons. The Bertz CT molecular complexity index is 1910. The molecule has 0 bridgehead atoms. The van der Waals surface area contributed by atoms with Gasteiger partial charge >= 0.3 is 0 Å². The third-order valence-electron chi connectivity index (χ3n) is 7.19. The summed E-state index contributed by atoms with van der Waals surface area (Å²) in [6.45, 7) is 2.12. The van der Waals surface area contributed by atoms with E-state index in [1.165, 1.54) is 27.6 Å². The highest BCUT2D eigenvalue weighted by Crippen LogP contribution is 2.54. The van der Waals surface area contributed by atoms with Crippen molar-refractivity contribution in [3.8, 4) is 0 Å². The molecule has 2 aliphatic heterocycles. The predicted molar refractivity (Wildman–Crippen MR) is 150 cm³/mol. The second-order valence-electron chi connectivity index (χ2n) is 9.32. The van der Waals surface area contributed by atoms with E-state index in [0.29, 0.717) is 27.9 Å². The zero-order chi connectivity index (χ0) is 27.6. The van der Waals surface area contributed by atoms with Gasteiger partial charge in [0.2, 0.25) is 10.9 Å². The first-order valence-electron chi connectivity index (χ1n) is 12.5. The molecule has 1 spiro atoms. The zero-order valence-electron chi connectivity index (χ0n) is 21.0. The van der Waals surface area contributed by atoms with Crippen LogP contribution in [0, 0.1) is 5.82 Å². The third-order valence-corrected chi connectivity index (χ3v) is 9.31. The SMILES string of the molecule is CCN1C(=O)C2(c3ccccc31)c1c(oc3ccc(F)cc3c1=O)C(=O)N2c1nnc(SCc2ccccc2)s1. The Morgan fingerprint density at radius 1 is 1.00 bits per heavy atom. The number of aromatic nitrogens is 2. The predicted octanol–water partition coefficient (Wildman–Crippen LogP) is 5.35. The van der Waals surface area contributed by atoms with Crippen LogP contribution >= 0.6 is 23.1 Å². The number of hydrogen-bond donors (Lipinski definition) is 0. The van der Waals surface area contributed by atoms with Crippen molar-refractivity contribution in [1.29, 1.82) is 0 Å². The molecule has 8 nitrogen and oxygen atoms in total. The molecule has 3 aromatic carbocycles. The molecular formula is C29H19FN4O4S2. The Labute approximate surface area is 235 Å². The molecule has 1 atom stereocenters. The zero-order valence-corrected chi connectivity index (χ0v) is 22.6. The van der Waals surface area contributed by atoms with Crippen LogP contribution in [-0.2, 0) is 16.1 Å². The summed E-state index contributed by atoms with van der Waals surface area (Å²) < 4.78 is 20.8. The minimum absolute atomic E-state index is 0.0515. The molecule has 0 fully saturated rings. The molecule has 11 heteroatoms. The number of halogens is 1. The van der Waals surface area contributed by atoms with Gasteiger partial charge in [-0.15, -0.1) is 10.2 Å². The van der Waals surface area contributed by atoms with Crippen LogP contribution in [0.3, 0.4) is 0 Å². The number of nitrogens with zero attached hydrogens (tertiary/aromatic N) is 4. The van der Waals surface area contributed by atoms with Crippen molar-refractivity contribution in [2.45, 2.75) is 22.6 Å². The van der Waals surface area contributed by atoms with Crippen molar-refractivity contribution in [3.05, 3.63) is 111 Å². The first-order chi connectivity index (χ1) is 19.4. The first kappa shape index (κ1) is 24.7. The molecule has 0 saturated heterocycles. The number of anilines is 2. The van der Waals surface area contributed by atoms with E-state index in [9.17, 15) is 18.8 Å². The van der Waals surface area contributed by atoms with Gasteiger partial charge in [0.25, 0.3) is 11.8 Å². The van der Waals surface area contributed by atoms with Crippen molar-refractivity contribution in [1.82, 2.24) is 10.2 Å². The van der Waals surface area contributed by atoms with Crippen LogP contribution in [0.25, 0.3) is 11.0 Å². The van der Waals surface area contributed by atoms with E-state index in [2.05, 4.69) is 10.2 Å². The maximum atomic E-state index is 14.4. The molecule has 0 N–H and O–H groups in total. The Kier molecular flexibility index (Phi) is 5.62. The number of para-hydroxylation sites is 1. The van der Waals surface area contributed by atoms with Gasteiger partial charge in [-0.1, -0.05) is 71.6 Å². The monoisotopic (exact) mass is 570 g/mol. The van der Waals surface area contributed by atoms with Crippen molar-refractivity contribution in [2.75, 3.05) is 16.3 Å². The number of amides is 2. The van der Waals surface area contributed by atoms with Gasteiger partial charge in [0.15, 0.2) is 15.3 Å². The average molecular weight is 571 g/mol. The maximum absolute atomic E-state index is 14.4. The summed E-state index contributed by atoms with van der Waals surface area (Å²) in [6, 6.07) is 20.4. The van der Waals surface area contributed by atoms with E-state index in [-0.39, 0.29) is 27.4 Å². The molecule has 2 aromatic heterocycles. The smallest absolute Gasteiger partial charge is 0.297 e. The normalized spacial score (nSPS) is 17.8. The van der Waals surface area contributed by atoms with Gasteiger partial charge in [0.1, 0.15) is 11.4 Å². The molecule has 0 radical (unpaired) electrons. The van der Waals surface area contributed by atoms with Crippen LogP contribution in [0.15, 0.2) is 86.3 Å². The van der Waals surface area contributed by atoms with Crippen molar-refractivity contribution in [2.24, 2.45) is 0 Å². The van der Waals surface area contributed by atoms with Gasteiger partial charge in [-0.25, -0.2) is 4.39 Å². The Balaban J connectivity index is 1.45. The first-order valence-corrected chi connectivity index (χ1v) is 14.3. The van der Waals surface area contributed by atoms with Crippen LogP contribution in [-0.4, -0.2) is 28.6 Å². The van der Waals surface area contributed by atoms with Gasteiger partial charge in [-0.2, -0.15) is 0 Å². The number of thioether (sulfide) groups is 1. The summed E-state index contributed by atoms with van der Waals surface area (Å²) in [5, 5.41) is 8.71. The highest BCUT2D eigenvalue weighted by Gasteiger charge is 2.66. The fourth-order valence-electron chi connectivity index (χ4n) is 5.52. The molecule has 1 unspecified atom stereocenters. The maximum Gasteiger partial charge on any atom is 0.297 e. The van der Waals surface area contributed by atoms with Gasteiger partial charge in [0.05, 0.1) is 16.6 Å². The lowest BCUT2D eigenvalue weighted by Crippen LogP contribution is -2.53. The molecule has 0 aliphatic carbocycles. The minimum atomic E-state index is -1.87. The molecule has 0 saturated carbocycles. The van der Waals surface area contributed by atoms with E-state index in [1.54, 1.807) is 24.3 Å². The summed E-state index contributed by atoms with van der Waals surface area (Å²) in [5.74, 6) is -1.43. The summed E-state index contributed by atoms with van der Waals surface area (Å²) in [6.07, 6.45) is 0. The van der Waals surface area contributed by atoms with Gasteiger partial charge in [-0.05, 0) is 36.8 Å². The van der Waals surface area contributed by atoms with Crippen LogP contribution in [0.2, 0.25) is 0 Å². The minimum Gasteiger partial charge on any atom is -0.450 e. The topological polar surface area (TPSA) is 96.6 Å². The summed E-state index contributed by atoms with van der Waals surface area (Å²) in [4.78, 5) is 45.4. The molecule has 40 heavy (non-hydrogen) atoms. The van der Waals surface area contributed by atoms with Crippen molar-refractivity contribution in [3.63, 3.8) is 0 Å². The van der Waals surface area contributed by atoms with Crippen LogP contribution < -0.4 is 15.2 Å². The number of carbonyl (C=O) groups excluding carboxylic acids is 2. The van der Waals surface area contributed by atoms with Crippen molar-refractivity contribution < 1.29 is 18.4 Å². The standard InChI is InChI=1S/C29H19FN4O4S2/c1-2-33-20-11-7-6-10-19(20)29(26(33)37)22-23(35)18-14-17(30)12-13-21(18)38-24(22)25(36)34(29)27-31-32-28(40-27)39-15-16-8-4-3-5-9-16/h3-14H,2,15H2,1H3. The quantitative estimate of drug-likeness (QED) is 0.208. The molecule has 2 amide bonds. The lowest BCUT2D eigenvalue weighted by atomic mass is 9.84. The van der Waals surface area contributed by atoms with Crippen LogP contribution in [0.1, 0.15) is 34.2 Å². The van der Waals surface area contributed by atoms with E-state index in [1.807, 2.05) is 37.3 Å². The van der Waals surface area contributed by atoms with E-state index >= 15 is 0 Å². The van der Waals surface area contributed by atoms with E-state index in [0.717, 1.165) is 29.0 Å². The average Bonchev–Trinajstić information content (AvgIpc) is 3.61. The Morgan fingerprint density at radius 3 is 2.58 bits per heavy atom. The number of hydrogen-bond acceptors (Lipinski definition) is 8. The van der Waals surface area contributed by atoms with Gasteiger partial charge in [-0.3, -0.25) is 19.3 Å². The second-order valence-corrected chi connectivity index (χ2v) is 11.5. The van der Waals surface area contributed by atoms with Crippen LogP contribution in [0.4, 0.5) is 15.2 Å². The molecule has 7 rings (SSSR count). The number of likely N-dealkylation sites (N-methyl/N-ethyl adjacent to an activating group) is 1. The highest BCUT2D eigenvalue weighted by molar-refractivity contribution is 8.00. The second kappa shape index (κ2) is 9.10. The van der Waals surface area contributed by atoms with Crippen molar-refractivity contribution >= 4 is 56.7 Å². The summed E-state index contributed by atoms with van der Waals surface area (Å²) in [5.41, 5.74) is -0.488. The fraction of sp³-hybridized carbons (Fsp3) is 0.138. The Hall–Kier alpha value is -4.35.